The average Bonchev–Trinajstić information content (AvgIpc) is 3.44. The van der Waals surface area contributed by atoms with Crippen molar-refractivity contribution in [2.75, 3.05) is 13.4 Å². The molecule has 4 rings (SSSR count). The Morgan fingerprint density at radius 2 is 2.07 bits per heavy atom. The summed E-state index contributed by atoms with van der Waals surface area (Å²) in [6.45, 7) is 0.132. The molecule has 2 aromatic heterocycles. The summed E-state index contributed by atoms with van der Waals surface area (Å²) in [5, 5.41) is 7.02. The maximum absolute atomic E-state index is 12.0. The van der Waals surface area contributed by atoms with Gasteiger partial charge in [0.15, 0.2) is 23.8 Å². The molecule has 27 heavy (non-hydrogen) atoms. The Bertz CT molecular complexity index is 968. The van der Waals surface area contributed by atoms with Crippen LogP contribution in [0.25, 0.3) is 9.88 Å². The molecule has 0 unspecified atom stereocenters. The molecule has 0 spiro atoms. The van der Waals surface area contributed by atoms with Crippen LogP contribution in [0, 0.1) is 0 Å². The number of thiophene rings is 1. The average molecular weight is 402 g/mol. The molecular weight excluding hydrogens is 388 g/mol. The Hall–Kier alpha value is -2.91. The molecule has 138 valence electrons. The molecule has 7 nitrogen and oxygen atoms in total. The van der Waals surface area contributed by atoms with Crippen molar-refractivity contribution in [1.82, 2.24) is 10.3 Å². The molecule has 3 aromatic rings. The van der Waals surface area contributed by atoms with E-state index >= 15 is 0 Å². The van der Waals surface area contributed by atoms with Crippen molar-refractivity contribution in [3.63, 3.8) is 0 Å². The van der Waals surface area contributed by atoms with Crippen molar-refractivity contribution in [3.05, 3.63) is 52.3 Å². The van der Waals surface area contributed by atoms with E-state index in [1.165, 1.54) is 11.3 Å². The summed E-state index contributed by atoms with van der Waals surface area (Å²) in [4.78, 5) is 29.2. The van der Waals surface area contributed by atoms with E-state index in [9.17, 15) is 9.59 Å². The van der Waals surface area contributed by atoms with E-state index in [1.54, 1.807) is 28.8 Å². The highest BCUT2D eigenvalue weighted by atomic mass is 32.1. The summed E-state index contributed by atoms with van der Waals surface area (Å²) >= 11 is 2.91. The van der Waals surface area contributed by atoms with E-state index in [2.05, 4.69) is 10.3 Å². The summed E-state index contributed by atoms with van der Waals surface area (Å²) < 4.78 is 15.6. The minimum Gasteiger partial charge on any atom is -0.454 e. The zero-order valence-corrected chi connectivity index (χ0v) is 15.6. The van der Waals surface area contributed by atoms with Crippen LogP contribution in [0.2, 0.25) is 0 Å². The normalized spacial score (nSPS) is 12.0. The zero-order valence-electron chi connectivity index (χ0n) is 14.0. The third kappa shape index (κ3) is 4.09. The monoisotopic (exact) mass is 402 g/mol. The Labute approximate surface area is 162 Å². The van der Waals surface area contributed by atoms with Crippen LogP contribution in [0.15, 0.2) is 41.1 Å². The molecule has 0 saturated heterocycles. The van der Waals surface area contributed by atoms with Gasteiger partial charge in [-0.2, -0.15) is 0 Å². The van der Waals surface area contributed by atoms with Gasteiger partial charge in [0.2, 0.25) is 6.79 Å². The lowest BCUT2D eigenvalue weighted by Crippen LogP contribution is -2.28. The predicted octanol–water partition coefficient (Wildman–Crippen LogP) is 3.07. The fourth-order valence-corrected chi connectivity index (χ4v) is 3.99. The van der Waals surface area contributed by atoms with E-state index in [0.717, 1.165) is 15.4 Å². The number of amides is 1. The van der Waals surface area contributed by atoms with Gasteiger partial charge < -0.3 is 19.5 Å². The van der Waals surface area contributed by atoms with Gasteiger partial charge in [0.05, 0.1) is 4.88 Å². The highest BCUT2D eigenvalue weighted by Gasteiger charge is 2.16. The lowest BCUT2D eigenvalue weighted by molar-refractivity contribution is -0.124. The van der Waals surface area contributed by atoms with Crippen molar-refractivity contribution < 1.29 is 23.8 Å². The highest BCUT2D eigenvalue weighted by molar-refractivity contribution is 7.20. The number of nitrogens with one attached hydrogen (secondary N) is 1. The number of benzene rings is 1. The number of carbonyl (C=O) groups excluding carboxylic acids is 2. The lowest BCUT2D eigenvalue weighted by atomic mass is 10.2. The number of carbonyl (C=O) groups is 2. The quantitative estimate of drug-likeness (QED) is 0.638. The molecule has 0 aliphatic carbocycles. The molecule has 0 atom stereocenters. The molecule has 0 fully saturated rings. The number of aromatic nitrogens is 1. The maximum Gasteiger partial charge on any atom is 0.358 e. The second-order valence-corrected chi connectivity index (χ2v) is 7.36. The molecule has 1 aliphatic heterocycles. The number of hydrogen-bond acceptors (Lipinski definition) is 8. The van der Waals surface area contributed by atoms with Gasteiger partial charge in [0, 0.05) is 11.9 Å². The summed E-state index contributed by atoms with van der Waals surface area (Å²) in [7, 11) is 0. The van der Waals surface area contributed by atoms with Crippen molar-refractivity contribution >= 4 is 34.6 Å². The maximum atomic E-state index is 12.0. The van der Waals surface area contributed by atoms with Crippen LogP contribution < -0.4 is 14.8 Å². The first-order chi connectivity index (χ1) is 13.2. The molecular formula is C18H14N2O5S2. The van der Waals surface area contributed by atoms with Gasteiger partial charge in [-0.15, -0.1) is 22.7 Å². The molecule has 0 bridgehead atoms. The number of ether oxygens (including phenoxy) is 3. The molecule has 0 radical (unpaired) electrons. The molecule has 9 heteroatoms. The minimum absolute atomic E-state index is 0.200. The van der Waals surface area contributed by atoms with Gasteiger partial charge >= 0.3 is 5.97 Å². The van der Waals surface area contributed by atoms with Crippen LogP contribution in [0.3, 0.4) is 0 Å². The van der Waals surface area contributed by atoms with Gasteiger partial charge in [0.25, 0.3) is 5.91 Å². The predicted molar refractivity (Wildman–Crippen MR) is 100 cm³/mol. The number of thiazole rings is 1. The van der Waals surface area contributed by atoms with E-state index in [4.69, 9.17) is 14.2 Å². The van der Waals surface area contributed by atoms with Gasteiger partial charge in [-0.25, -0.2) is 9.78 Å². The van der Waals surface area contributed by atoms with Gasteiger partial charge in [-0.05, 0) is 29.1 Å². The number of hydrogen-bond donors (Lipinski definition) is 1. The molecule has 1 aromatic carbocycles. The number of nitrogens with zero attached hydrogens (tertiary/aromatic N) is 1. The number of rotatable bonds is 6. The second-order valence-electron chi connectivity index (χ2n) is 5.56. The van der Waals surface area contributed by atoms with Crippen LogP contribution in [0.5, 0.6) is 11.5 Å². The summed E-state index contributed by atoms with van der Waals surface area (Å²) in [5.41, 5.74) is 1.06. The Kier molecular flexibility index (Phi) is 5.03. The third-order valence-electron chi connectivity index (χ3n) is 3.71. The first-order valence-electron chi connectivity index (χ1n) is 8.01. The summed E-state index contributed by atoms with van der Waals surface area (Å²) in [6, 6.07) is 9.28. The Morgan fingerprint density at radius 3 is 2.93 bits per heavy atom. The van der Waals surface area contributed by atoms with Gasteiger partial charge in [-0.1, -0.05) is 12.1 Å². The second kappa shape index (κ2) is 7.77. The van der Waals surface area contributed by atoms with Gasteiger partial charge in [0.1, 0.15) is 5.01 Å². The zero-order chi connectivity index (χ0) is 18.6. The van der Waals surface area contributed by atoms with E-state index in [1.807, 2.05) is 23.6 Å². The third-order valence-corrected chi connectivity index (χ3v) is 5.59. The van der Waals surface area contributed by atoms with E-state index in [-0.39, 0.29) is 19.1 Å². The topological polar surface area (TPSA) is 86.8 Å². The smallest absolute Gasteiger partial charge is 0.358 e. The molecule has 1 amide bonds. The first kappa shape index (κ1) is 17.5. The van der Waals surface area contributed by atoms with E-state index < -0.39 is 11.9 Å². The van der Waals surface area contributed by atoms with Gasteiger partial charge in [-0.3, -0.25) is 4.79 Å². The van der Waals surface area contributed by atoms with Crippen LogP contribution in [-0.2, 0) is 16.1 Å². The summed E-state index contributed by atoms with van der Waals surface area (Å²) in [6.07, 6.45) is 0. The highest BCUT2D eigenvalue weighted by Crippen LogP contribution is 2.32. The van der Waals surface area contributed by atoms with E-state index in [0.29, 0.717) is 18.0 Å². The van der Waals surface area contributed by atoms with Crippen LogP contribution >= 0.6 is 22.7 Å². The SMILES string of the molecule is O=C(COC(=O)c1csc(-c2cccs2)n1)NCc1ccc2c(c1)OCO2. The molecule has 0 saturated carbocycles. The fraction of sp³-hybridized carbons (Fsp3) is 0.167. The Morgan fingerprint density at radius 1 is 1.19 bits per heavy atom. The molecule has 1 aliphatic rings. The lowest BCUT2D eigenvalue weighted by Gasteiger charge is -2.06. The Balaban J connectivity index is 1.26. The fourth-order valence-electron chi connectivity index (χ4n) is 2.39. The van der Waals surface area contributed by atoms with Crippen LogP contribution in [-0.4, -0.2) is 30.3 Å². The van der Waals surface area contributed by atoms with Crippen molar-refractivity contribution in [1.29, 1.82) is 0 Å². The van der Waals surface area contributed by atoms with Crippen LogP contribution in [0.4, 0.5) is 0 Å². The van der Waals surface area contributed by atoms with Crippen molar-refractivity contribution in [2.45, 2.75) is 6.54 Å². The minimum atomic E-state index is -0.618. The van der Waals surface area contributed by atoms with Crippen molar-refractivity contribution in [3.8, 4) is 21.4 Å². The largest absolute Gasteiger partial charge is 0.454 e. The van der Waals surface area contributed by atoms with Crippen LogP contribution in [0.1, 0.15) is 16.1 Å². The standard InChI is InChI=1S/C18H14N2O5S2/c21-16(19-7-11-3-4-13-14(6-11)25-10-24-13)8-23-18(22)12-9-27-17(20-12)15-2-1-5-26-15/h1-6,9H,7-8,10H2,(H,19,21). The molecule has 3 heterocycles. The number of esters is 1. The van der Waals surface area contributed by atoms with Crippen molar-refractivity contribution in [2.24, 2.45) is 0 Å². The summed E-state index contributed by atoms with van der Waals surface area (Å²) in [5.74, 6) is 0.324. The first-order valence-corrected chi connectivity index (χ1v) is 9.77. The molecule has 1 N–H and O–H groups in total. The number of fused-ring (bicyclic) bond motifs is 1.